The molecule has 0 radical (unpaired) electrons. The highest BCUT2D eigenvalue weighted by molar-refractivity contribution is 7.10. The first-order valence-electron chi connectivity index (χ1n) is 7.71. The summed E-state index contributed by atoms with van der Waals surface area (Å²) in [6, 6.07) is 9.69. The number of anilines is 1. The Kier molecular flexibility index (Phi) is 4.26. The van der Waals surface area contributed by atoms with Crippen molar-refractivity contribution in [2.45, 2.75) is 20.8 Å². The maximum Gasteiger partial charge on any atom is 0.280 e. The van der Waals surface area contributed by atoms with Crippen LogP contribution in [-0.2, 0) is 4.79 Å². The lowest BCUT2D eigenvalue weighted by atomic mass is 9.85. The van der Waals surface area contributed by atoms with E-state index in [9.17, 15) is 14.9 Å². The Hall–Kier alpha value is -2.80. The third-order valence-corrected chi connectivity index (χ3v) is 4.54. The fraction of sp³-hybridized carbons (Fsp3) is 0.222. The number of benzene rings is 1. The van der Waals surface area contributed by atoms with Gasteiger partial charge in [0, 0.05) is 22.4 Å². The van der Waals surface area contributed by atoms with Gasteiger partial charge in [-0.05, 0) is 29.7 Å². The van der Waals surface area contributed by atoms with Gasteiger partial charge in [0.1, 0.15) is 0 Å². The van der Waals surface area contributed by atoms with Gasteiger partial charge in [0.2, 0.25) is 0 Å². The summed E-state index contributed by atoms with van der Waals surface area (Å²) in [4.78, 5) is 24.2. The molecule has 7 heteroatoms. The Morgan fingerprint density at radius 1 is 1.20 bits per heavy atom. The van der Waals surface area contributed by atoms with Crippen molar-refractivity contribution in [1.29, 1.82) is 0 Å². The van der Waals surface area contributed by atoms with Crippen LogP contribution in [0.4, 0.5) is 11.4 Å². The zero-order valence-corrected chi connectivity index (χ0v) is 14.9. The van der Waals surface area contributed by atoms with E-state index in [1.54, 1.807) is 11.3 Å². The summed E-state index contributed by atoms with van der Waals surface area (Å²) < 4.78 is 0. The molecule has 6 nitrogen and oxygen atoms in total. The Labute approximate surface area is 149 Å². The van der Waals surface area contributed by atoms with E-state index in [2.05, 4.69) is 5.10 Å². The van der Waals surface area contributed by atoms with Crippen LogP contribution in [-0.4, -0.2) is 16.5 Å². The van der Waals surface area contributed by atoms with E-state index >= 15 is 0 Å². The summed E-state index contributed by atoms with van der Waals surface area (Å²) in [7, 11) is 0. The van der Waals surface area contributed by atoms with Crippen LogP contribution in [0.5, 0.6) is 0 Å². The number of hydrazone groups is 1. The van der Waals surface area contributed by atoms with Crippen molar-refractivity contribution in [1.82, 2.24) is 0 Å². The normalized spacial score (nSPS) is 16.4. The summed E-state index contributed by atoms with van der Waals surface area (Å²) in [5, 5.41) is 18.6. The number of rotatable bonds is 3. The lowest BCUT2D eigenvalue weighted by Gasteiger charge is -2.17. The number of hydrogen-bond acceptors (Lipinski definition) is 5. The number of nitro groups is 1. The summed E-state index contributed by atoms with van der Waals surface area (Å²) >= 11 is 1.55. The summed E-state index contributed by atoms with van der Waals surface area (Å²) in [6.07, 6.45) is 1.85. The van der Waals surface area contributed by atoms with Crippen LogP contribution >= 0.6 is 11.3 Å². The molecule has 1 aliphatic heterocycles. The number of thiophene rings is 1. The molecule has 25 heavy (non-hydrogen) atoms. The molecule has 2 heterocycles. The van der Waals surface area contributed by atoms with E-state index in [-0.39, 0.29) is 17.0 Å². The monoisotopic (exact) mass is 355 g/mol. The fourth-order valence-corrected chi connectivity index (χ4v) is 3.16. The molecule has 2 aromatic rings. The van der Waals surface area contributed by atoms with E-state index in [0.29, 0.717) is 17.0 Å². The van der Waals surface area contributed by atoms with Crippen LogP contribution in [0.1, 0.15) is 25.6 Å². The second-order valence-electron chi connectivity index (χ2n) is 6.66. The fourth-order valence-electron chi connectivity index (χ4n) is 2.50. The molecule has 1 aliphatic rings. The van der Waals surface area contributed by atoms with Gasteiger partial charge in [-0.3, -0.25) is 14.9 Å². The molecule has 0 bridgehead atoms. The zero-order valence-electron chi connectivity index (χ0n) is 14.1. The van der Waals surface area contributed by atoms with Gasteiger partial charge in [-0.2, -0.15) is 10.1 Å². The van der Waals surface area contributed by atoms with Crippen molar-refractivity contribution in [2.75, 3.05) is 5.01 Å². The average molecular weight is 355 g/mol. The van der Waals surface area contributed by atoms with Crippen molar-refractivity contribution in [3.8, 4) is 0 Å². The molecule has 3 rings (SSSR count). The van der Waals surface area contributed by atoms with Gasteiger partial charge < -0.3 is 0 Å². The first kappa shape index (κ1) is 17.0. The van der Waals surface area contributed by atoms with Gasteiger partial charge in [-0.15, -0.1) is 11.3 Å². The number of nitro benzene ring substituents is 1. The SMILES string of the molecule is CC(C)(C)C1=NN(c2ccc([N+](=O)[O-])cc2)C(=O)/C1=C/c1cccs1. The maximum absolute atomic E-state index is 12.9. The van der Waals surface area contributed by atoms with Crippen LogP contribution in [0.3, 0.4) is 0 Å². The summed E-state index contributed by atoms with van der Waals surface area (Å²) in [5.74, 6) is -0.229. The van der Waals surface area contributed by atoms with Gasteiger partial charge in [0.05, 0.1) is 21.9 Å². The second-order valence-corrected chi connectivity index (χ2v) is 7.64. The number of non-ortho nitro benzene ring substituents is 1. The minimum Gasteiger partial charge on any atom is -0.267 e. The number of carbonyl (C=O) groups is 1. The van der Waals surface area contributed by atoms with Gasteiger partial charge in [-0.25, -0.2) is 0 Å². The van der Waals surface area contributed by atoms with E-state index in [4.69, 9.17) is 0 Å². The highest BCUT2D eigenvalue weighted by Crippen LogP contribution is 2.33. The molecule has 1 amide bonds. The molecular formula is C18H17N3O3S. The van der Waals surface area contributed by atoms with E-state index in [0.717, 1.165) is 4.88 Å². The van der Waals surface area contributed by atoms with Crippen molar-refractivity contribution in [3.05, 3.63) is 62.3 Å². The molecule has 128 valence electrons. The van der Waals surface area contributed by atoms with Crippen molar-refractivity contribution >= 4 is 40.4 Å². The molecule has 0 fully saturated rings. The highest BCUT2D eigenvalue weighted by atomic mass is 32.1. The van der Waals surface area contributed by atoms with Crippen molar-refractivity contribution in [3.63, 3.8) is 0 Å². The third-order valence-electron chi connectivity index (χ3n) is 3.72. The topological polar surface area (TPSA) is 75.8 Å². The summed E-state index contributed by atoms with van der Waals surface area (Å²) in [5.41, 5.74) is 1.42. The first-order chi connectivity index (χ1) is 11.8. The number of nitrogens with zero attached hydrogens (tertiary/aromatic N) is 3. The van der Waals surface area contributed by atoms with Crippen molar-refractivity contribution in [2.24, 2.45) is 10.5 Å². The molecule has 0 aliphatic carbocycles. The second kappa shape index (κ2) is 6.25. The minimum atomic E-state index is -0.471. The highest BCUT2D eigenvalue weighted by Gasteiger charge is 2.37. The van der Waals surface area contributed by atoms with E-state index < -0.39 is 4.92 Å². The molecule has 0 saturated heterocycles. The predicted octanol–water partition coefficient (Wildman–Crippen LogP) is 4.49. The van der Waals surface area contributed by atoms with Crippen LogP contribution in [0.2, 0.25) is 0 Å². The molecule has 1 aromatic heterocycles. The van der Waals surface area contributed by atoms with Crippen LogP contribution < -0.4 is 5.01 Å². The first-order valence-corrected chi connectivity index (χ1v) is 8.59. The minimum absolute atomic E-state index is 0.0234. The third kappa shape index (κ3) is 3.36. The molecule has 0 N–H and O–H groups in total. The molecular weight excluding hydrogens is 338 g/mol. The Morgan fingerprint density at radius 3 is 2.40 bits per heavy atom. The molecule has 1 aromatic carbocycles. The number of amides is 1. The van der Waals surface area contributed by atoms with E-state index in [1.807, 2.05) is 44.4 Å². The van der Waals surface area contributed by atoms with Crippen LogP contribution in [0, 0.1) is 15.5 Å². The standard InChI is InChI=1S/C18H17N3O3S/c1-18(2,3)16-15(11-14-5-4-10-25-14)17(22)20(19-16)12-6-8-13(9-7-12)21(23)24/h4-11H,1-3H3/b15-11+. The molecule has 0 unspecified atom stereocenters. The zero-order chi connectivity index (χ0) is 18.2. The van der Waals surface area contributed by atoms with Crippen LogP contribution in [0.25, 0.3) is 6.08 Å². The van der Waals surface area contributed by atoms with Gasteiger partial charge >= 0.3 is 0 Å². The predicted molar refractivity (Wildman–Crippen MR) is 99.8 cm³/mol. The molecule has 0 atom stereocenters. The van der Waals surface area contributed by atoms with E-state index in [1.165, 1.54) is 29.3 Å². The lowest BCUT2D eigenvalue weighted by molar-refractivity contribution is -0.384. The number of hydrogen-bond donors (Lipinski definition) is 0. The largest absolute Gasteiger partial charge is 0.280 e. The Bertz CT molecular complexity index is 875. The average Bonchev–Trinajstić information content (AvgIpc) is 3.16. The van der Waals surface area contributed by atoms with Gasteiger partial charge in [0.25, 0.3) is 11.6 Å². The van der Waals surface area contributed by atoms with Crippen LogP contribution in [0.15, 0.2) is 52.5 Å². The smallest absolute Gasteiger partial charge is 0.267 e. The number of carbonyl (C=O) groups excluding carboxylic acids is 1. The van der Waals surface area contributed by atoms with Gasteiger partial charge in [-0.1, -0.05) is 26.8 Å². The lowest BCUT2D eigenvalue weighted by Crippen LogP contribution is -2.23. The Balaban J connectivity index is 2.03. The molecule has 0 spiro atoms. The van der Waals surface area contributed by atoms with Crippen molar-refractivity contribution < 1.29 is 9.72 Å². The maximum atomic E-state index is 12.9. The summed E-state index contributed by atoms with van der Waals surface area (Å²) in [6.45, 7) is 6.00. The van der Waals surface area contributed by atoms with Gasteiger partial charge in [0.15, 0.2) is 0 Å². The Morgan fingerprint density at radius 2 is 1.88 bits per heavy atom. The quantitative estimate of drug-likeness (QED) is 0.462. The molecule has 0 saturated carbocycles.